The van der Waals surface area contributed by atoms with Crippen molar-refractivity contribution >= 4 is 40.6 Å². The molecule has 0 atom stereocenters. The van der Waals surface area contributed by atoms with Crippen LogP contribution in [0.5, 0.6) is 0 Å². The number of anilines is 1. The van der Waals surface area contributed by atoms with Gasteiger partial charge < -0.3 is 14.6 Å². The highest BCUT2D eigenvalue weighted by molar-refractivity contribution is 6.33. The number of pyridine rings is 2. The summed E-state index contributed by atoms with van der Waals surface area (Å²) in [5.74, 6) is 0.523. The molecule has 0 bridgehead atoms. The first-order valence-corrected chi connectivity index (χ1v) is 9.67. The maximum atomic E-state index is 12.6. The zero-order valence-corrected chi connectivity index (χ0v) is 16.2. The molecule has 1 aliphatic rings. The van der Waals surface area contributed by atoms with E-state index in [0.717, 1.165) is 37.3 Å². The molecular weight excluding hydrogens is 385 g/mol. The molecule has 0 saturated carbocycles. The van der Waals surface area contributed by atoms with Crippen LogP contribution in [-0.2, 0) is 6.54 Å². The summed E-state index contributed by atoms with van der Waals surface area (Å²) in [6.07, 6.45) is 8.57. The van der Waals surface area contributed by atoms with Gasteiger partial charge in [0.2, 0.25) is 0 Å². The van der Waals surface area contributed by atoms with Gasteiger partial charge in [-0.1, -0.05) is 23.2 Å². The first kappa shape index (κ1) is 18.1. The number of piperidine rings is 1. The highest BCUT2D eigenvalue weighted by Crippen LogP contribution is 2.22. The van der Waals surface area contributed by atoms with Crippen molar-refractivity contribution in [1.29, 1.82) is 0 Å². The first-order chi connectivity index (χ1) is 13.1. The van der Waals surface area contributed by atoms with Gasteiger partial charge in [0.25, 0.3) is 5.91 Å². The fourth-order valence-corrected chi connectivity index (χ4v) is 3.64. The highest BCUT2D eigenvalue weighted by Gasteiger charge is 2.19. The molecule has 4 rings (SSSR count). The lowest BCUT2D eigenvalue weighted by molar-refractivity contribution is 0.0724. The number of nitrogens with zero attached hydrogens (tertiary/aromatic N) is 4. The molecule has 0 aliphatic carbocycles. The van der Waals surface area contributed by atoms with Gasteiger partial charge in [-0.15, -0.1) is 0 Å². The van der Waals surface area contributed by atoms with E-state index in [0.29, 0.717) is 28.0 Å². The Morgan fingerprint density at radius 2 is 1.96 bits per heavy atom. The number of aromatic nitrogens is 3. The van der Waals surface area contributed by atoms with Gasteiger partial charge in [-0.25, -0.2) is 9.97 Å². The lowest BCUT2D eigenvalue weighted by Gasteiger charge is -2.26. The van der Waals surface area contributed by atoms with Crippen molar-refractivity contribution in [2.45, 2.75) is 25.8 Å². The lowest BCUT2D eigenvalue weighted by atomic mass is 10.1. The predicted octanol–water partition coefficient (Wildman–Crippen LogP) is 4.27. The van der Waals surface area contributed by atoms with Crippen molar-refractivity contribution in [3.63, 3.8) is 0 Å². The topological polar surface area (TPSA) is 62.5 Å². The van der Waals surface area contributed by atoms with Gasteiger partial charge in [-0.2, -0.15) is 0 Å². The second-order valence-corrected chi connectivity index (χ2v) is 7.45. The molecule has 1 aliphatic heterocycles. The van der Waals surface area contributed by atoms with Crippen molar-refractivity contribution in [3.05, 3.63) is 58.1 Å². The molecule has 3 aromatic heterocycles. The van der Waals surface area contributed by atoms with Crippen LogP contribution in [-0.4, -0.2) is 38.3 Å². The molecule has 140 valence electrons. The summed E-state index contributed by atoms with van der Waals surface area (Å²) in [6, 6.07) is 5.34. The number of carbonyl (C=O) groups is 1. The van der Waals surface area contributed by atoms with Crippen molar-refractivity contribution in [2.24, 2.45) is 0 Å². The minimum absolute atomic E-state index is 0.00659. The van der Waals surface area contributed by atoms with Crippen molar-refractivity contribution in [3.8, 4) is 0 Å². The molecule has 1 fully saturated rings. The lowest BCUT2D eigenvalue weighted by Crippen LogP contribution is -2.35. The molecule has 0 unspecified atom stereocenters. The number of amides is 1. The zero-order chi connectivity index (χ0) is 18.8. The van der Waals surface area contributed by atoms with E-state index in [-0.39, 0.29) is 5.91 Å². The van der Waals surface area contributed by atoms with E-state index >= 15 is 0 Å². The normalized spacial score (nSPS) is 14.5. The Kier molecular flexibility index (Phi) is 5.18. The van der Waals surface area contributed by atoms with Gasteiger partial charge in [-0.3, -0.25) is 4.79 Å². The summed E-state index contributed by atoms with van der Waals surface area (Å²) in [5, 5.41) is 4.25. The molecule has 1 saturated heterocycles. The number of hydrogen-bond donors (Lipinski definition) is 1. The molecule has 8 heteroatoms. The van der Waals surface area contributed by atoms with E-state index in [2.05, 4.69) is 15.3 Å². The summed E-state index contributed by atoms with van der Waals surface area (Å²) in [4.78, 5) is 23.3. The average molecular weight is 404 g/mol. The van der Waals surface area contributed by atoms with Gasteiger partial charge in [-0.05, 0) is 37.5 Å². The number of halogens is 2. The van der Waals surface area contributed by atoms with Crippen LogP contribution in [0, 0.1) is 0 Å². The van der Waals surface area contributed by atoms with Crippen molar-refractivity contribution in [1.82, 2.24) is 19.3 Å². The third-order valence-electron chi connectivity index (χ3n) is 4.63. The minimum atomic E-state index is -0.00659. The van der Waals surface area contributed by atoms with Crippen LogP contribution >= 0.6 is 23.2 Å². The molecule has 0 spiro atoms. The third kappa shape index (κ3) is 4.01. The van der Waals surface area contributed by atoms with Crippen LogP contribution in [0.4, 0.5) is 5.82 Å². The number of carbonyl (C=O) groups excluding carboxylic acids is 1. The smallest absolute Gasteiger partial charge is 0.255 e. The van der Waals surface area contributed by atoms with E-state index in [9.17, 15) is 4.79 Å². The monoisotopic (exact) mass is 403 g/mol. The Morgan fingerprint density at radius 1 is 1.15 bits per heavy atom. The van der Waals surface area contributed by atoms with Crippen LogP contribution in [0.3, 0.4) is 0 Å². The van der Waals surface area contributed by atoms with Crippen LogP contribution in [0.2, 0.25) is 10.0 Å². The van der Waals surface area contributed by atoms with E-state index < -0.39 is 0 Å². The molecule has 3 aromatic rings. The van der Waals surface area contributed by atoms with Gasteiger partial charge in [0.1, 0.15) is 11.5 Å². The largest absolute Gasteiger partial charge is 0.363 e. The SMILES string of the molecule is O=C(c1cnc(NCc2cn3cc(Cl)ccc3n2)c(Cl)c1)N1CCCCC1. The molecule has 1 amide bonds. The summed E-state index contributed by atoms with van der Waals surface area (Å²) < 4.78 is 1.87. The van der Waals surface area contributed by atoms with Crippen LogP contribution in [0.1, 0.15) is 35.3 Å². The van der Waals surface area contributed by atoms with Crippen LogP contribution in [0.25, 0.3) is 5.65 Å². The van der Waals surface area contributed by atoms with Crippen LogP contribution < -0.4 is 5.32 Å². The van der Waals surface area contributed by atoms with Gasteiger partial charge >= 0.3 is 0 Å². The molecule has 4 heterocycles. The fourth-order valence-electron chi connectivity index (χ4n) is 3.24. The number of fused-ring (bicyclic) bond motifs is 1. The summed E-state index contributed by atoms with van der Waals surface area (Å²) in [6.45, 7) is 2.06. The Bertz CT molecular complexity index is 981. The summed E-state index contributed by atoms with van der Waals surface area (Å²) in [7, 11) is 0. The number of rotatable bonds is 4. The predicted molar refractivity (Wildman–Crippen MR) is 107 cm³/mol. The second kappa shape index (κ2) is 7.74. The van der Waals surface area contributed by atoms with E-state index in [1.807, 2.05) is 21.6 Å². The third-order valence-corrected chi connectivity index (χ3v) is 5.14. The number of hydrogen-bond acceptors (Lipinski definition) is 4. The molecule has 6 nitrogen and oxygen atoms in total. The molecule has 27 heavy (non-hydrogen) atoms. The fraction of sp³-hybridized carbons (Fsp3) is 0.316. The Hall–Kier alpha value is -2.31. The van der Waals surface area contributed by atoms with E-state index in [4.69, 9.17) is 23.2 Å². The van der Waals surface area contributed by atoms with Gasteiger partial charge in [0.15, 0.2) is 0 Å². The summed E-state index contributed by atoms with van der Waals surface area (Å²) in [5.41, 5.74) is 2.18. The average Bonchev–Trinajstić information content (AvgIpc) is 3.09. The number of nitrogens with one attached hydrogen (secondary N) is 1. The van der Waals surface area contributed by atoms with Crippen LogP contribution in [0.15, 0.2) is 36.8 Å². The van der Waals surface area contributed by atoms with Gasteiger partial charge in [0, 0.05) is 31.7 Å². The molecular formula is C19H19Cl2N5O. The summed E-state index contributed by atoms with van der Waals surface area (Å²) >= 11 is 12.3. The number of likely N-dealkylation sites (tertiary alicyclic amines) is 1. The molecule has 0 radical (unpaired) electrons. The zero-order valence-electron chi connectivity index (χ0n) is 14.7. The number of imidazole rings is 1. The highest BCUT2D eigenvalue weighted by atomic mass is 35.5. The molecule has 1 N–H and O–H groups in total. The van der Waals surface area contributed by atoms with E-state index in [1.165, 1.54) is 6.42 Å². The van der Waals surface area contributed by atoms with E-state index in [1.54, 1.807) is 24.5 Å². The van der Waals surface area contributed by atoms with Crippen molar-refractivity contribution < 1.29 is 4.79 Å². The molecule has 0 aromatic carbocycles. The Balaban J connectivity index is 1.45. The maximum Gasteiger partial charge on any atom is 0.255 e. The quantitative estimate of drug-likeness (QED) is 0.706. The maximum absolute atomic E-state index is 12.6. The minimum Gasteiger partial charge on any atom is -0.363 e. The Morgan fingerprint density at radius 3 is 2.74 bits per heavy atom. The Labute approximate surface area is 167 Å². The first-order valence-electron chi connectivity index (χ1n) is 8.92. The van der Waals surface area contributed by atoms with Gasteiger partial charge in [0.05, 0.1) is 27.8 Å². The standard InChI is InChI=1S/C19H19Cl2N5O/c20-14-4-5-17-24-15(12-26(17)11-14)10-23-18-16(21)8-13(9-22-18)19(27)25-6-2-1-3-7-25/h4-5,8-9,11-12H,1-3,6-7,10H2,(H,22,23). The second-order valence-electron chi connectivity index (χ2n) is 6.61. The van der Waals surface area contributed by atoms with Crippen molar-refractivity contribution in [2.75, 3.05) is 18.4 Å².